The zero-order chi connectivity index (χ0) is 11.8. The molecule has 2 N–H and O–H groups in total. The molecule has 0 bridgehead atoms. The maximum atomic E-state index is 11.7. The highest BCUT2D eigenvalue weighted by molar-refractivity contribution is 5.90. The first-order valence-corrected chi connectivity index (χ1v) is 6.12. The van der Waals surface area contributed by atoms with Crippen molar-refractivity contribution >= 4 is 5.91 Å². The van der Waals surface area contributed by atoms with Crippen molar-refractivity contribution in [2.75, 3.05) is 6.54 Å². The van der Waals surface area contributed by atoms with Crippen molar-refractivity contribution in [3.05, 3.63) is 11.7 Å². The average Bonchev–Trinajstić information content (AvgIpc) is 2.82. The molecule has 17 heavy (non-hydrogen) atoms. The van der Waals surface area contributed by atoms with E-state index in [1.165, 1.54) is 0 Å². The molecule has 2 heterocycles. The van der Waals surface area contributed by atoms with Crippen molar-refractivity contribution in [3.8, 4) is 0 Å². The Balaban J connectivity index is 1.70. The minimum Gasteiger partial charge on any atom is -0.346 e. The van der Waals surface area contributed by atoms with E-state index in [9.17, 15) is 4.79 Å². The van der Waals surface area contributed by atoms with Crippen LogP contribution >= 0.6 is 0 Å². The molecular formula is C11H16N4O2. The van der Waals surface area contributed by atoms with Crippen molar-refractivity contribution in [2.24, 2.45) is 5.92 Å². The number of carbonyl (C=O) groups excluding carboxylic acids is 1. The highest BCUT2D eigenvalue weighted by atomic mass is 16.5. The Morgan fingerprint density at radius 3 is 2.94 bits per heavy atom. The SMILES string of the molecule is CC1CCNC1c1nc(C(=O)NC2CC2)no1. The predicted octanol–water partition coefficient (Wildman–Crippen LogP) is 0.632. The van der Waals surface area contributed by atoms with Gasteiger partial charge in [-0.05, 0) is 31.7 Å². The van der Waals surface area contributed by atoms with Crippen LogP contribution in [0.15, 0.2) is 4.52 Å². The molecule has 6 heteroatoms. The Morgan fingerprint density at radius 1 is 1.47 bits per heavy atom. The molecule has 0 aromatic carbocycles. The van der Waals surface area contributed by atoms with E-state index in [4.69, 9.17) is 4.52 Å². The third-order valence-corrected chi connectivity index (χ3v) is 3.36. The number of aromatic nitrogens is 2. The summed E-state index contributed by atoms with van der Waals surface area (Å²) in [6.45, 7) is 3.09. The lowest BCUT2D eigenvalue weighted by atomic mass is 10.0. The van der Waals surface area contributed by atoms with Gasteiger partial charge in [-0.15, -0.1) is 0 Å². The number of rotatable bonds is 3. The van der Waals surface area contributed by atoms with E-state index >= 15 is 0 Å². The molecule has 1 aromatic rings. The highest BCUT2D eigenvalue weighted by Gasteiger charge is 2.31. The molecule has 2 unspecified atom stereocenters. The molecule has 2 fully saturated rings. The Hall–Kier alpha value is -1.43. The fraction of sp³-hybridized carbons (Fsp3) is 0.727. The monoisotopic (exact) mass is 236 g/mol. The van der Waals surface area contributed by atoms with Gasteiger partial charge >= 0.3 is 0 Å². The van der Waals surface area contributed by atoms with Crippen LogP contribution in [0.3, 0.4) is 0 Å². The fourth-order valence-corrected chi connectivity index (χ4v) is 2.10. The predicted molar refractivity (Wildman–Crippen MR) is 59.3 cm³/mol. The van der Waals surface area contributed by atoms with Gasteiger partial charge < -0.3 is 15.2 Å². The van der Waals surface area contributed by atoms with Gasteiger partial charge in [0, 0.05) is 6.04 Å². The van der Waals surface area contributed by atoms with Crippen molar-refractivity contribution in [3.63, 3.8) is 0 Å². The molecule has 1 saturated heterocycles. The lowest BCUT2D eigenvalue weighted by Gasteiger charge is -2.09. The van der Waals surface area contributed by atoms with Crippen molar-refractivity contribution in [1.29, 1.82) is 0 Å². The number of nitrogens with one attached hydrogen (secondary N) is 2. The van der Waals surface area contributed by atoms with Crippen molar-refractivity contribution < 1.29 is 9.32 Å². The first-order chi connectivity index (χ1) is 8.24. The highest BCUT2D eigenvalue weighted by Crippen LogP contribution is 2.27. The van der Waals surface area contributed by atoms with E-state index in [0.29, 0.717) is 17.9 Å². The van der Waals surface area contributed by atoms with Gasteiger partial charge in [0.1, 0.15) is 0 Å². The molecular weight excluding hydrogens is 220 g/mol. The van der Waals surface area contributed by atoms with Crippen LogP contribution in [0.5, 0.6) is 0 Å². The minimum atomic E-state index is -0.229. The van der Waals surface area contributed by atoms with Crippen LogP contribution in [0, 0.1) is 5.92 Å². The van der Waals surface area contributed by atoms with E-state index < -0.39 is 0 Å². The summed E-state index contributed by atoms with van der Waals surface area (Å²) in [5.74, 6) is 0.909. The van der Waals surface area contributed by atoms with Crippen LogP contribution in [0.4, 0.5) is 0 Å². The van der Waals surface area contributed by atoms with Gasteiger partial charge in [0.25, 0.3) is 11.7 Å². The van der Waals surface area contributed by atoms with Gasteiger partial charge in [0.15, 0.2) is 0 Å². The molecule has 92 valence electrons. The number of hydrogen-bond acceptors (Lipinski definition) is 5. The van der Waals surface area contributed by atoms with Gasteiger partial charge in [0.2, 0.25) is 5.89 Å². The second kappa shape index (κ2) is 4.10. The third kappa shape index (κ3) is 2.17. The number of hydrogen-bond donors (Lipinski definition) is 2. The average molecular weight is 236 g/mol. The summed E-state index contributed by atoms with van der Waals surface area (Å²) in [5, 5.41) is 9.88. The summed E-state index contributed by atoms with van der Waals surface area (Å²) in [6, 6.07) is 0.401. The van der Waals surface area contributed by atoms with Crippen LogP contribution in [-0.4, -0.2) is 28.6 Å². The molecule has 1 aliphatic heterocycles. The van der Waals surface area contributed by atoms with Gasteiger partial charge in [-0.2, -0.15) is 4.98 Å². The smallest absolute Gasteiger partial charge is 0.292 e. The number of nitrogens with zero attached hydrogens (tertiary/aromatic N) is 2. The number of amides is 1. The van der Waals surface area contributed by atoms with E-state index in [1.807, 2.05) is 0 Å². The second-order valence-electron chi connectivity index (χ2n) is 4.90. The Morgan fingerprint density at radius 2 is 2.29 bits per heavy atom. The van der Waals surface area contributed by atoms with Crippen LogP contribution in [0.25, 0.3) is 0 Å². The van der Waals surface area contributed by atoms with Gasteiger partial charge in [-0.25, -0.2) is 0 Å². The first-order valence-electron chi connectivity index (χ1n) is 6.12. The van der Waals surface area contributed by atoms with Gasteiger partial charge in [0.05, 0.1) is 6.04 Å². The van der Waals surface area contributed by atoms with E-state index in [1.54, 1.807) is 0 Å². The Kier molecular flexibility index (Phi) is 2.58. The molecule has 0 spiro atoms. The molecule has 2 atom stereocenters. The summed E-state index contributed by atoms with van der Waals surface area (Å²) < 4.78 is 5.16. The van der Waals surface area contributed by atoms with Gasteiger partial charge in [-0.3, -0.25) is 4.79 Å². The lowest BCUT2D eigenvalue weighted by molar-refractivity contribution is 0.0937. The topological polar surface area (TPSA) is 80.0 Å². The summed E-state index contributed by atoms with van der Waals surface area (Å²) in [6.07, 6.45) is 3.20. The maximum Gasteiger partial charge on any atom is 0.292 e. The van der Waals surface area contributed by atoms with E-state index in [0.717, 1.165) is 25.8 Å². The van der Waals surface area contributed by atoms with Crippen molar-refractivity contribution in [1.82, 2.24) is 20.8 Å². The Bertz CT molecular complexity index is 427. The van der Waals surface area contributed by atoms with Crippen molar-refractivity contribution in [2.45, 2.75) is 38.3 Å². The number of carbonyl (C=O) groups is 1. The molecule has 3 rings (SSSR count). The normalized spacial score (nSPS) is 28.3. The zero-order valence-electron chi connectivity index (χ0n) is 9.77. The minimum absolute atomic E-state index is 0.0879. The summed E-state index contributed by atoms with van der Waals surface area (Å²) in [5.41, 5.74) is 0. The fourth-order valence-electron chi connectivity index (χ4n) is 2.10. The van der Waals surface area contributed by atoms with Crippen LogP contribution < -0.4 is 10.6 Å². The molecule has 0 radical (unpaired) electrons. The summed E-state index contributed by atoms with van der Waals surface area (Å²) >= 11 is 0. The first kappa shape index (κ1) is 10.7. The maximum absolute atomic E-state index is 11.7. The quantitative estimate of drug-likeness (QED) is 0.804. The molecule has 1 amide bonds. The second-order valence-corrected chi connectivity index (χ2v) is 4.90. The van der Waals surface area contributed by atoms with Crippen LogP contribution in [0.1, 0.15) is 48.7 Å². The summed E-state index contributed by atoms with van der Waals surface area (Å²) in [7, 11) is 0. The largest absolute Gasteiger partial charge is 0.346 e. The Labute approximate surface area is 99.2 Å². The molecule has 1 aliphatic carbocycles. The van der Waals surface area contributed by atoms with E-state index in [-0.39, 0.29) is 17.8 Å². The molecule has 1 aromatic heterocycles. The van der Waals surface area contributed by atoms with Gasteiger partial charge in [-0.1, -0.05) is 12.1 Å². The summed E-state index contributed by atoms with van der Waals surface area (Å²) in [4.78, 5) is 15.9. The zero-order valence-corrected chi connectivity index (χ0v) is 9.77. The lowest BCUT2D eigenvalue weighted by Crippen LogP contribution is -2.26. The van der Waals surface area contributed by atoms with E-state index in [2.05, 4.69) is 27.7 Å². The molecule has 6 nitrogen and oxygen atoms in total. The standard InChI is InChI=1S/C11H16N4O2/c1-6-4-5-12-8(6)11-14-9(15-17-11)10(16)13-7-2-3-7/h6-8,12H,2-5H2,1H3,(H,13,16). The third-order valence-electron chi connectivity index (χ3n) is 3.36. The van der Waals surface area contributed by atoms with Crippen LogP contribution in [-0.2, 0) is 0 Å². The molecule has 1 saturated carbocycles. The van der Waals surface area contributed by atoms with Crippen LogP contribution in [0.2, 0.25) is 0 Å². The molecule has 2 aliphatic rings.